The lowest BCUT2D eigenvalue weighted by atomic mass is 10.1. The van der Waals surface area contributed by atoms with E-state index in [0.717, 1.165) is 5.56 Å². The van der Waals surface area contributed by atoms with Gasteiger partial charge in [0.25, 0.3) is 0 Å². The van der Waals surface area contributed by atoms with Gasteiger partial charge in [0, 0.05) is 12.6 Å². The summed E-state index contributed by atoms with van der Waals surface area (Å²) in [5, 5.41) is 11.6. The molecule has 1 rings (SSSR count). The van der Waals surface area contributed by atoms with Crippen molar-refractivity contribution in [2.45, 2.75) is 13.0 Å². The van der Waals surface area contributed by atoms with Crippen LogP contribution >= 0.6 is 0 Å². The van der Waals surface area contributed by atoms with E-state index in [-0.39, 0.29) is 12.5 Å². The van der Waals surface area contributed by atoms with E-state index >= 15 is 0 Å². The number of aliphatic hydroxyl groups excluding tert-OH is 1. The van der Waals surface area contributed by atoms with E-state index in [1.807, 2.05) is 0 Å². The molecular weight excluding hydrogens is 232 g/mol. The fraction of sp³-hybridized carbons (Fsp3) is 0.308. The number of aliphatic hydroxyl groups is 1. The maximum Gasteiger partial charge on any atom is 0.244 e. The maximum atomic E-state index is 11.4. The fourth-order valence-corrected chi connectivity index (χ4v) is 1.34. The third kappa shape index (κ3) is 4.47. The van der Waals surface area contributed by atoms with Crippen molar-refractivity contribution >= 4 is 17.7 Å². The van der Waals surface area contributed by atoms with E-state index in [2.05, 4.69) is 5.32 Å². The first kappa shape index (κ1) is 14.1. The first-order valence-electron chi connectivity index (χ1n) is 5.60. The average Bonchev–Trinajstić information content (AvgIpc) is 2.34. The van der Waals surface area contributed by atoms with Crippen LogP contribution in [-0.4, -0.2) is 30.8 Å². The lowest BCUT2D eigenvalue weighted by Crippen LogP contribution is -2.28. The second-order valence-corrected chi connectivity index (χ2v) is 3.93. The molecule has 0 saturated heterocycles. The summed E-state index contributed by atoms with van der Waals surface area (Å²) in [6.07, 6.45) is 2.48. The average molecular weight is 250 g/mol. The Bertz CT molecular complexity index is 442. The first-order valence-corrected chi connectivity index (χ1v) is 5.60. The lowest BCUT2D eigenvalue weighted by Gasteiger charge is -2.05. The van der Waals surface area contributed by atoms with E-state index in [0.29, 0.717) is 11.4 Å². The highest BCUT2D eigenvalue weighted by molar-refractivity contribution is 5.91. The number of hydrogen-bond acceptors (Lipinski definition) is 4. The Hall–Kier alpha value is -2.01. The van der Waals surface area contributed by atoms with Crippen molar-refractivity contribution in [2.24, 2.45) is 0 Å². The molecule has 0 bridgehead atoms. The number of ether oxygens (including phenoxy) is 1. The summed E-state index contributed by atoms with van der Waals surface area (Å²) in [5.41, 5.74) is 7.07. The van der Waals surface area contributed by atoms with Crippen molar-refractivity contribution in [3.63, 3.8) is 0 Å². The molecule has 1 aromatic rings. The molecule has 1 amide bonds. The normalized spacial score (nSPS) is 12.4. The molecule has 1 atom stereocenters. The quantitative estimate of drug-likeness (QED) is 0.533. The molecule has 0 aliphatic carbocycles. The maximum absolute atomic E-state index is 11.4. The molecule has 98 valence electrons. The van der Waals surface area contributed by atoms with Gasteiger partial charge in [0.1, 0.15) is 5.75 Å². The summed E-state index contributed by atoms with van der Waals surface area (Å²) in [5.74, 6) is 0.344. The number of rotatable bonds is 5. The lowest BCUT2D eigenvalue weighted by molar-refractivity contribution is -0.116. The summed E-state index contributed by atoms with van der Waals surface area (Å²) < 4.78 is 5.03. The van der Waals surface area contributed by atoms with Gasteiger partial charge in [0.05, 0.1) is 18.9 Å². The van der Waals surface area contributed by atoms with Crippen LogP contribution < -0.4 is 15.8 Å². The Morgan fingerprint density at radius 2 is 2.33 bits per heavy atom. The molecule has 1 aromatic carbocycles. The minimum absolute atomic E-state index is 0.230. The molecule has 5 nitrogen and oxygen atoms in total. The van der Waals surface area contributed by atoms with Gasteiger partial charge < -0.3 is 20.9 Å². The minimum atomic E-state index is -0.556. The van der Waals surface area contributed by atoms with E-state index in [1.165, 1.54) is 6.08 Å². The zero-order valence-electron chi connectivity index (χ0n) is 10.5. The predicted molar refractivity (Wildman–Crippen MR) is 71.1 cm³/mol. The summed E-state index contributed by atoms with van der Waals surface area (Å²) in [7, 11) is 1.55. The van der Waals surface area contributed by atoms with Crippen molar-refractivity contribution in [3.8, 4) is 5.75 Å². The first-order chi connectivity index (χ1) is 8.52. The largest absolute Gasteiger partial charge is 0.495 e. The molecular formula is C13H18N2O3. The topological polar surface area (TPSA) is 84.6 Å². The van der Waals surface area contributed by atoms with Gasteiger partial charge in [-0.05, 0) is 30.7 Å². The molecule has 0 aliphatic heterocycles. The molecule has 0 spiro atoms. The summed E-state index contributed by atoms with van der Waals surface area (Å²) in [6.45, 7) is 1.84. The number of nitrogens with one attached hydrogen (secondary N) is 1. The van der Waals surface area contributed by atoms with Crippen LogP contribution in [0.4, 0.5) is 5.69 Å². The van der Waals surface area contributed by atoms with Crippen LogP contribution in [0.5, 0.6) is 5.75 Å². The van der Waals surface area contributed by atoms with E-state index < -0.39 is 6.10 Å². The number of nitrogens with two attached hydrogens (primary N) is 1. The standard InChI is InChI=1S/C13H18N2O3/c1-9(16)8-15-13(17)6-4-10-3-5-12(18-2)11(14)7-10/h3-7,9,16H,8,14H2,1-2H3,(H,15,17)/b6-4-. The molecule has 5 heteroatoms. The highest BCUT2D eigenvalue weighted by Crippen LogP contribution is 2.22. The second-order valence-electron chi connectivity index (χ2n) is 3.93. The molecule has 18 heavy (non-hydrogen) atoms. The smallest absolute Gasteiger partial charge is 0.244 e. The third-order valence-corrected chi connectivity index (χ3v) is 2.25. The van der Waals surface area contributed by atoms with Crippen molar-refractivity contribution in [1.29, 1.82) is 0 Å². The van der Waals surface area contributed by atoms with Gasteiger partial charge in [-0.3, -0.25) is 4.79 Å². The Morgan fingerprint density at radius 3 is 2.89 bits per heavy atom. The number of amides is 1. The van der Waals surface area contributed by atoms with Crippen LogP contribution in [0.25, 0.3) is 6.08 Å². The second kappa shape index (κ2) is 6.66. The van der Waals surface area contributed by atoms with Crippen molar-refractivity contribution in [3.05, 3.63) is 29.8 Å². The number of nitrogen functional groups attached to an aromatic ring is 1. The predicted octanol–water partition coefficient (Wildman–Crippen LogP) is 0.788. The van der Waals surface area contributed by atoms with Gasteiger partial charge >= 0.3 is 0 Å². The van der Waals surface area contributed by atoms with Crippen LogP contribution in [0.1, 0.15) is 12.5 Å². The SMILES string of the molecule is COc1ccc(/C=C\C(=O)NCC(C)O)cc1N. The fourth-order valence-electron chi connectivity index (χ4n) is 1.34. The van der Waals surface area contributed by atoms with Crippen LogP contribution in [0, 0.1) is 0 Å². The van der Waals surface area contributed by atoms with Crippen molar-refractivity contribution in [2.75, 3.05) is 19.4 Å². The van der Waals surface area contributed by atoms with Crippen LogP contribution in [0.15, 0.2) is 24.3 Å². The molecule has 0 saturated carbocycles. The van der Waals surface area contributed by atoms with Gasteiger partial charge in [-0.25, -0.2) is 0 Å². The Morgan fingerprint density at radius 1 is 1.61 bits per heavy atom. The zero-order valence-corrected chi connectivity index (χ0v) is 10.5. The van der Waals surface area contributed by atoms with Gasteiger partial charge in [-0.1, -0.05) is 6.07 Å². The molecule has 0 fully saturated rings. The molecule has 0 aromatic heterocycles. The Labute approximate surface area is 106 Å². The van der Waals surface area contributed by atoms with E-state index in [4.69, 9.17) is 15.6 Å². The molecule has 4 N–H and O–H groups in total. The number of anilines is 1. The van der Waals surface area contributed by atoms with E-state index in [9.17, 15) is 4.79 Å². The third-order valence-electron chi connectivity index (χ3n) is 2.25. The molecule has 0 radical (unpaired) electrons. The van der Waals surface area contributed by atoms with Gasteiger partial charge in [0.15, 0.2) is 0 Å². The summed E-state index contributed by atoms with van der Waals surface area (Å²) in [4.78, 5) is 11.4. The van der Waals surface area contributed by atoms with E-state index in [1.54, 1.807) is 38.3 Å². The van der Waals surface area contributed by atoms with Gasteiger partial charge in [0.2, 0.25) is 5.91 Å². The minimum Gasteiger partial charge on any atom is -0.495 e. The van der Waals surface area contributed by atoms with Gasteiger partial charge in [-0.2, -0.15) is 0 Å². The number of methoxy groups -OCH3 is 1. The monoisotopic (exact) mass is 250 g/mol. The van der Waals surface area contributed by atoms with Crippen molar-refractivity contribution in [1.82, 2.24) is 5.32 Å². The molecule has 0 heterocycles. The van der Waals surface area contributed by atoms with Crippen LogP contribution in [0.2, 0.25) is 0 Å². The number of carbonyl (C=O) groups is 1. The highest BCUT2D eigenvalue weighted by Gasteiger charge is 2.00. The molecule has 1 unspecified atom stereocenters. The summed E-state index contributed by atoms with van der Waals surface area (Å²) in [6, 6.07) is 5.26. The number of hydrogen-bond donors (Lipinski definition) is 3. The van der Waals surface area contributed by atoms with Crippen LogP contribution in [-0.2, 0) is 4.79 Å². The van der Waals surface area contributed by atoms with Crippen molar-refractivity contribution < 1.29 is 14.6 Å². The van der Waals surface area contributed by atoms with Gasteiger partial charge in [-0.15, -0.1) is 0 Å². The Kier molecular flexibility index (Phi) is 5.20. The van der Waals surface area contributed by atoms with Crippen LogP contribution in [0.3, 0.4) is 0 Å². The zero-order chi connectivity index (χ0) is 13.5. The molecule has 0 aliphatic rings. The Balaban J connectivity index is 2.61. The summed E-state index contributed by atoms with van der Waals surface area (Å²) >= 11 is 0. The highest BCUT2D eigenvalue weighted by atomic mass is 16.5. The number of carbonyl (C=O) groups excluding carboxylic acids is 1. The number of benzene rings is 1.